The molecular formula is C37H44O7. The molecule has 7 nitrogen and oxygen atoms in total. The van der Waals surface area contributed by atoms with Crippen LogP contribution in [-0.2, 0) is 14.3 Å². The van der Waals surface area contributed by atoms with Crippen LogP contribution < -0.4 is 4.74 Å². The van der Waals surface area contributed by atoms with Crippen LogP contribution >= 0.6 is 0 Å². The van der Waals surface area contributed by atoms with Gasteiger partial charge in [0.2, 0.25) is 0 Å². The molecule has 3 rings (SSSR count). The van der Waals surface area contributed by atoms with Crippen LogP contribution in [0.25, 0.3) is 11.1 Å². The van der Waals surface area contributed by atoms with E-state index in [0.29, 0.717) is 12.0 Å². The molecule has 44 heavy (non-hydrogen) atoms. The molecule has 0 radical (unpaired) electrons. The predicted octanol–water partition coefficient (Wildman–Crippen LogP) is 8.64. The molecule has 3 aromatic carbocycles. The third kappa shape index (κ3) is 10.8. The van der Waals surface area contributed by atoms with Crippen LogP contribution in [0.3, 0.4) is 0 Å². The van der Waals surface area contributed by atoms with Gasteiger partial charge in [0.1, 0.15) is 5.75 Å². The Morgan fingerprint density at radius 1 is 0.636 bits per heavy atom. The fourth-order valence-electron chi connectivity index (χ4n) is 4.42. The number of unbranched alkanes of at least 4 members (excludes halogenated alkanes) is 5. The van der Waals surface area contributed by atoms with Gasteiger partial charge in [-0.05, 0) is 66.8 Å². The molecule has 2 unspecified atom stereocenters. The summed E-state index contributed by atoms with van der Waals surface area (Å²) in [5.74, 6) is -1.16. The zero-order valence-corrected chi connectivity index (χ0v) is 26.3. The number of ketones is 1. The largest absolute Gasteiger partial charge is 0.463 e. The topological polar surface area (TPSA) is 96.0 Å². The first-order chi connectivity index (χ1) is 21.2. The van der Waals surface area contributed by atoms with Gasteiger partial charge >= 0.3 is 17.9 Å². The molecule has 0 bridgehead atoms. The standard InChI is InChI=1S/C37H44O7/c1-5-7-8-9-10-11-12-34(38)30-17-13-28(14-18-30)29-15-19-31(20-16-29)37(41)44-33-23-21-32(22-24-33)36(40)43-27(4)35(39)42-25-26(3)6-2/h13-24,26-27H,5-12,25H2,1-4H3. The predicted molar refractivity (Wildman–Crippen MR) is 171 cm³/mol. The van der Waals surface area contributed by atoms with Gasteiger partial charge in [0.05, 0.1) is 17.7 Å². The van der Waals surface area contributed by atoms with Crippen LogP contribution in [0.1, 0.15) is 110 Å². The monoisotopic (exact) mass is 600 g/mol. The van der Waals surface area contributed by atoms with Gasteiger partial charge in [0, 0.05) is 12.0 Å². The SMILES string of the molecule is CCCCCCCCC(=O)c1ccc(-c2ccc(C(=O)Oc3ccc(C(=O)OC(C)C(=O)OCC(C)CC)cc3)cc2)cc1. The summed E-state index contributed by atoms with van der Waals surface area (Å²) in [7, 11) is 0. The van der Waals surface area contributed by atoms with E-state index < -0.39 is 24.0 Å². The minimum atomic E-state index is -1.04. The average Bonchev–Trinajstić information content (AvgIpc) is 3.05. The van der Waals surface area contributed by atoms with Crippen LogP contribution in [0.2, 0.25) is 0 Å². The second kappa shape index (κ2) is 17.8. The number of benzene rings is 3. The first-order valence-corrected chi connectivity index (χ1v) is 15.6. The lowest BCUT2D eigenvalue weighted by Crippen LogP contribution is -2.27. The number of hydrogen-bond donors (Lipinski definition) is 0. The van der Waals surface area contributed by atoms with Gasteiger partial charge in [-0.25, -0.2) is 14.4 Å². The van der Waals surface area contributed by atoms with Gasteiger partial charge in [-0.3, -0.25) is 4.79 Å². The number of rotatable bonds is 17. The Morgan fingerprint density at radius 2 is 1.16 bits per heavy atom. The van der Waals surface area contributed by atoms with E-state index in [1.807, 2.05) is 50.2 Å². The fourth-order valence-corrected chi connectivity index (χ4v) is 4.42. The molecule has 0 amide bonds. The molecule has 0 saturated heterocycles. The van der Waals surface area contributed by atoms with Gasteiger partial charge in [-0.2, -0.15) is 0 Å². The van der Waals surface area contributed by atoms with Crippen molar-refractivity contribution in [2.24, 2.45) is 5.92 Å². The van der Waals surface area contributed by atoms with E-state index in [9.17, 15) is 19.2 Å². The van der Waals surface area contributed by atoms with E-state index in [4.69, 9.17) is 14.2 Å². The highest BCUT2D eigenvalue weighted by atomic mass is 16.6. The van der Waals surface area contributed by atoms with E-state index in [-0.39, 0.29) is 29.6 Å². The van der Waals surface area contributed by atoms with Gasteiger partial charge in [0.15, 0.2) is 11.9 Å². The molecule has 0 saturated carbocycles. The number of Topliss-reactive ketones (excluding diaryl/α,β-unsaturated/α-hetero) is 1. The highest BCUT2D eigenvalue weighted by Gasteiger charge is 2.21. The molecule has 3 aromatic rings. The van der Waals surface area contributed by atoms with E-state index in [1.54, 1.807) is 12.1 Å². The molecule has 0 fully saturated rings. The van der Waals surface area contributed by atoms with E-state index in [0.717, 1.165) is 36.0 Å². The highest BCUT2D eigenvalue weighted by Crippen LogP contribution is 2.23. The fraction of sp³-hybridized carbons (Fsp3) is 0.405. The zero-order valence-electron chi connectivity index (χ0n) is 26.3. The number of ether oxygens (including phenoxy) is 3. The van der Waals surface area contributed by atoms with Crippen molar-refractivity contribution in [1.82, 2.24) is 0 Å². The maximum absolute atomic E-state index is 12.7. The smallest absolute Gasteiger partial charge is 0.347 e. The maximum Gasteiger partial charge on any atom is 0.347 e. The van der Waals surface area contributed by atoms with Crippen LogP contribution in [0.5, 0.6) is 5.75 Å². The van der Waals surface area contributed by atoms with Crippen molar-refractivity contribution < 1.29 is 33.4 Å². The Labute approximate surface area is 260 Å². The summed E-state index contributed by atoms with van der Waals surface area (Å²) in [6.45, 7) is 7.90. The van der Waals surface area contributed by atoms with Crippen molar-refractivity contribution in [3.05, 3.63) is 89.5 Å². The van der Waals surface area contributed by atoms with E-state index in [1.165, 1.54) is 56.9 Å². The van der Waals surface area contributed by atoms with E-state index >= 15 is 0 Å². The van der Waals surface area contributed by atoms with Crippen molar-refractivity contribution in [3.8, 4) is 16.9 Å². The minimum Gasteiger partial charge on any atom is -0.463 e. The maximum atomic E-state index is 12.7. The molecule has 234 valence electrons. The Kier molecular flexibility index (Phi) is 13.8. The first kappa shape index (κ1) is 34.2. The number of esters is 3. The van der Waals surface area contributed by atoms with Gasteiger partial charge in [0.25, 0.3) is 0 Å². The summed E-state index contributed by atoms with van der Waals surface area (Å²) in [4.78, 5) is 49.7. The van der Waals surface area contributed by atoms with Crippen molar-refractivity contribution >= 4 is 23.7 Å². The van der Waals surface area contributed by atoms with Gasteiger partial charge < -0.3 is 14.2 Å². The summed E-state index contributed by atoms with van der Waals surface area (Å²) in [6.07, 6.45) is 7.32. The van der Waals surface area contributed by atoms with Crippen molar-refractivity contribution in [3.63, 3.8) is 0 Å². The molecule has 0 aliphatic rings. The summed E-state index contributed by atoms with van der Waals surface area (Å²) >= 11 is 0. The van der Waals surface area contributed by atoms with Crippen LogP contribution in [-0.4, -0.2) is 36.4 Å². The van der Waals surface area contributed by atoms with Crippen molar-refractivity contribution in [1.29, 1.82) is 0 Å². The molecule has 0 N–H and O–H groups in total. The second-order valence-electron chi connectivity index (χ2n) is 11.2. The molecular weight excluding hydrogens is 556 g/mol. The van der Waals surface area contributed by atoms with Gasteiger partial charge in [-0.15, -0.1) is 0 Å². The molecule has 0 aliphatic carbocycles. The third-order valence-corrected chi connectivity index (χ3v) is 7.54. The zero-order chi connectivity index (χ0) is 31.9. The Balaban J connectivity index is 1.49. The summed E-state index contributed by atoms with van der Waals surface area (Å²) in [6, 6.07) is 20.5. The van der Waals surface area contributed by atoms with Gasteiger partial charge in [-0.1, -0.05) is 95.7 Å². The van der Waals surface area contributed by atoms with Crippen LogP contribution in [0.15, 0.2) is 72.8 Å². The lowest BCUT2D eigenvalue weighted by Gasteiger charge is -2.15. The molecule has 0 spiro atoms. The quantitative estimate of drug-likeness (QED) is 0.0662. The molecule has 0 aromatic heterocycles. The summed E-state index contributed by atoms with van der Waals surface area (Å²) < 4.78 is 15.9. The lowest BCUT2D eigenvalue weighted by atomic mass is 9.99. The average molecular weight is 601 g/mol. The normalized spacial score (nSPS) is 12.2. The van der Waals surface area contributed by atoms with Crippen molar-refractivity contribution in [2.45, 2.75) is 85.2 Å². The highest BCUT2D eigenvalue weighted by molar-refractivity contribution is 5.96. The summed E-state index contributed by atoms with van der Waals surface area (Å²) in [5, 5.41) is 0. The minimum absolute atomic E-state index is 0.168. The number of carbonyl (C=O) groups excluding carboxylic acids is 4. The molecule has 7 heteroatoms. The van der Waals surface area contributed by atoms with Crippen LogP contribution in [0, 0.1) is 5.92 Å². The number of carbonyl (C=O) groups is 4. The second-order valence-corrected chi connectivity index (χ2v) is 11.2. The third-order valence-electron chi connectivity index (χ3n) is 7.54. The Hall–Kier alpha value is -4.26. The first-order valence-electron chi connectivity index (χ1n) is 15.6. The lowest BCUT2D eigenvalue weighted by molar-refractivity contribution is -0.154. The molecule has 2 atom stereocenters. The molecule has 0 heterocycles. The molecule has 0 aliphatic heterocycles. The van der Waals surface area contributed by atoms with E-state index in [2.05, 4.69) is 6.92 Å². The summed E-state index contributed by atoms with van der Waals surface area (Å²) in [5.41, 5.74) is 3.16. The Bertz CT molecular complexity index is 1360. The van der Waals surface area contributed by atoms with Crippen LogP contribution in [0.4, 0.5) is 0 Å². The Morgan fingerprint density at radius 3 is 1.75 bits per heavy atom. The number of hydrogen-bond acceptors (Lipinski definition) is 7. The van der Waals surface area contributed by atoms with Crippen molar-refractivity contribution in [2.75, 3.05) is 6.61 Å².